The van der Waals surface area contributed by atoms with Gasteiger partial charge in [0.05, 0.1) is 0 Å². The van der Waals surface area contributed by atoms with E-state index in [1.54, 1.807) is 0 Å². The van der Waals surface area contributed by atoms with Crippen molar-refractivity contribution in [2.24, 2.45) is 0 Å². The van der Waals surface area contributed by atoms with Crippen LogP contribution >= 0.6 is 0 Å². The van der Waals surface area contributed by atoms with Crippen LogP contribution in [0.2, 0.25) is 0 Å². The van der Waals surface area contributed by atoms with Gasteiger partial charge in [0, 0.05) is 6.26 Å². The summed E-state index contributed by atoms with van der Waals surface area (Å²) in [5, 5.41) is 0. The topological polar surface area (TPSA) is 72.8 Å². The third kappa shape index (κ3) is 6.18. The van der Waals surface area contributed by atoms with Crippen molar-refractivity contribution in [1.29, 1.82) is 0 Å². The summed E-state index contributed by atoms with van der Waals surface area (Å²) in [6.07, 6.45) is 1.16. The van der Waals surface area contributed by atoms with E-state index in [4.69, 9.17) is 4.55 Å². The summed E-state index contributed by atoms with van der Waals surface area (Å²) in [5.74, 6) is 0. The maximum Gasteiger partial charge on any atom is 0.331 e. The van der Waals surface area contributed by atoms with E-state index in [9.17, 15) is 8.42 Å². The van der Waals surface area contributed by atoms with Crippen molar-refractivity contribution in [1.82, 2.24) is 0 Å². The predicted octanol–water partition coefficient (Wildman–Crippen LogP) is -0.635. The van der Waals surface area contributed by atoms with Crippen molar-refractivity contribution in [3.05, 3.63) is 0 Å². The lowest BCUT2D eigenvalue weighted by molar-refractivity contribution is -0.0785. The van der Waals surface area contributed by atoms with Gasteiger partial charge in [-0.3, -0.25) is 4.55 Å². The van der Waals surface area contributed by atoms with E-state index >= 15 is 0 Å². The van der Waals surface area contributed by atoms with Crippen molar-refractivity contribution in [2.45, 2.75) is 0 Å². The zero-order chi connectivity index (χ0) is 6.57. The number of hydrogen-bond donors (Lipinski definition) is 1. The molecule has 5 nitrogen and oxygen atoms in total. The third-order valence-electron chi connectivity index (χ3n) is 0.182. The molecule has 0 saturated heterocycles. The monoisotopic (exact) mass is 160 g/mol. The summed E-state index contributed by atoms with van der Waals surface area (Å²) < 4.78 is 34.4. The van der Waals surface area contributed by atoms with Gasteiger partial charge in [-0.1, -0.05) is 4.33 Å². The van der Waals surface area contributed by atoms with Crippen LogP contribution in [0.1, 0.15) is 0 Å². The standard InChI is InChI=1S/CH4O5S2/c1-7(2)5-6-8(3)4/h1H3,(H,3,4). The second-order valence-electron chi connectivity index (χ2n) is 0.755. The Labute approximate surface area is 51.1 Å². The molecule has 2 unspecified atom stereocenters. The molecule has 0 rings (SSSR count). The van der Waals surface area contributed by atoms with Crippen LogP contribution in [0, 0.1) is 0 Å². The Morgan fingerprint density at radius 1 is 1.38 bits per heavy atom. The Hall–Kier alpha value is 0.180. The second kappa shape index (κ2) is 4.10. The molecule has 0 spiro atoms. The van der Waals surface area contributed by atoms with Crippen molar-refractivity contribution in [3.63, 3.8) is 0 Å². The molecular formula is CH4O5S2. The highest BCUT2D eigenvalue weighted by Gasteiger charge is 1.94. The molecule has 0 aliphatic heterocycles. The summed E-state index contributed by atoms with van der Waals surface area (Å²) in [7, 11) is 0. The molecule has 8 heavy (non-hydrogen) atoms. The first-order valence-electron chi connectivity index (χ1n) is 1.42. The Morgan fingerprint density at radius 3 is 2.00 bits per heavy atom. The third-order valence-corrected chi connectivity index (χ3v) is 0.712. The maximum absolute atomic E-state index is 9.87. The zero-order valence-corrected chi connectivity index (χ0v) is 5.53. The van der Waals surface area contributed by atoms with E-state index < -0.39 is 22.4 Å². The lowest BCUT2D eigenvalue weighted by Gasteiger charge is -1.89. The van der Waals surface area contributed by atoms with Crippen molar-refractivity contribution in [2.75, 3.05) is 6.26 Å². The van der Waals surface area contributed by atoms with Gasteiger partial charge in [-0.2, -0.15) is 4.21 Å². The molecule has 2 atom stereocenters. The Kier molecular flexibility index (Phi) is 4.19. The van der Waals surface area contributed by atoms with Crippen molar-refractivity contribution >= 4 is 22.4 Å². The van der Waals surface area contributed by atoms with E-state index in [1.807, 2.05) is 0 Å². The van der Waals surface area contributed by atoms with Crippen LogP contribution in [0.4, 0.5) is 0 Å². The highest BCUT2D eigenvalue weighted by molar-refractivity contribution is 7.80. The van der Waals surface area contributed by atoms with Crippen molar-refractivity contribution < 1.29 is 21.6 Å². The Balaban J connectivity index is 3.18. The summed E-state index contributed by atoms with van der Waals surface area (Å²) in [4.78, 5) is 0. The molecule has 0 aromatic rings. The molecule has 0 amide bonds. The highest BCUT2D eigenvalue weighted by Crippen LogP contribution is 1.83. The summed E-state index contributed by atoms with van der Waals surface area (Å²) >= 11 is -4.16. The first-order valence-corrected chi connectivity index (χ1v) is 3.94. The van der Waals surface area contributed by atoms with Crippen LogP contribution in [0.25, 0.3) is 0 Å². The fourth-order valence-electron chi connectivity index (χ4n) is 0.0629. The van der Waals surface area contributed by atoms with Crippen LogP contribution in [0.15, 0.2) is 0 Å². The molecule has 0 aromatic carbocycles. The summed E-state index contributed by atoms with van der Waals surface area (Å²) in [6, 6.07) is 0. The maximum atomic E-state index is 9.87. The highest BCUT2D eigenvalue weighted by atomic mass is 32.2. The van der Waals surface area contributed by atoms with Gasteiger partial charge >= 0.3 is 11.4 Å². The van der Waals surface area contributed by atoms with Crippen LogP contribution in [0.5, 0.6) is 0 Å². The van der Waals surface area contributed by atoms with Crippen LogP contribution in [-0.2, 0) is 31.1 Å². The average molecular weight is 160 g/mol. The number of rotatable bonds is 3. The first kappa shape index (κ1) is 8.18. The molecule has 0 heterocycles. The van der Waals surface area contributed by atoms with Gasteiger partial charge < -0.3 is 0 Å². The SMILES string of the molecule is CS(=O)OOS(=O)O. The quantitative estimate of drug-likeness (QED) is 0.338. The summed E-state index contributed by atoms with van der Waals surface area (Å²) in [6.45, 7) is 0. The van der Waals surface area contributed by atoms with Gasteiger partial charge in [0.2, 0.25) is 0 Å². The Morgan fingerprint density at radius 2 is 1.88 bits per heavy atom. The second-order valence-corrected chi connectivity index (χ2v) is 2.26. The van der Waals surface area contributed by atoms with E-state index in [1.165, 1.54) is 0 Å². The van der Waals surface area contributed by atoms with Crippen molar-refractivity contribution in [3.8, 4) is 0 Å². The van der Waals surface area contributed by atoms with Crippen LogP contribution in [-0.4, -0.2) is 19.2 Å². The minimum atomic E-state index is -2.50. The van der Waals surface area contributed by atoms with Gasteiger partial charge in [0.25, 0.3) is 0 Å². The van der Waals surface area contributed by atoms with Gasteiger partial charge in [-0.05, 0) is 0 Å². The molecular weight excluding hydrogens is 156 g/mol. The molecule has 0 radical (unpaired) electrons. The minimum Gasteiger partial charge on any atom is -0.282 e. The van der Waals surface area contributed by atoms with Gasteiger partial charge in [-0.15, -0.1) is 4.33 Å². The van der Waals surface area contributed by atoms with E-state index in [-0.39, 0.29) is 0 Å². The fourth-order valence-corrected chi connectivity index (χ4v) is 0.566. The lowest BCUT2D eigenvalue weighted by Crippen LogP contribution is -1.98. The molecule has 0 aromatic heterocycles. The predicted molar refractivity (Wildman–Crippen MR) is 27.0 cm³/mol. The molecule has 0 aliphatic rings. The fraction of sp³-hybridized carbons (Fsp3) is 1.00. The molecule has 7 heteroatoms. The van der Waals surface area contributed by atoms with E-state index in [0.717, 1.165) is 6.26 Å². The van der Waals surface area contributed by atoms with Gasteiger partial charge in [0.15, 0.2) is 11.1 Å². The minimum absolute atomic E-state index is 1.16. The van der Waals surface area contributed by atoms with Gasteiger partial charge in [0.1, 0.15) is 0 Å². The van der Waals surface area contributed by atoms with Crippen LogP contribution in [0.3, 0.4) is 0 Å². The van der Waals surface area contributed by atoms with E-state index in [0.29, 0.717) is 0 Å². The lowest BCUT2D eigenvalue weighted by atomic mass is 12.0. The summed E-state index contributed by atoms with van der Waals surface area (Å²) in [5.41, 5.74) is 0. The molecule has 0 saturated carbocycles. The average Bonchev–Trinajstić information content (AvgIpc) is 1.61. The van der Waals surface area contributed by atoms with E-state index in [2.05, 4.69) is 8.67 Å². The zero-order valence-electron chi connectivity index (χ0n) is 3.90. The van der Waals surface area contributed by atoms with Crippen LogP contribution < -0.4 is 0 Å². The largest absolute Gasteiger partial charge is 0.331 e. The molecule has 50 valence electrons. The normalized spacial score (nSPS) is 17.8. The first-order chi connectivity index (χ1) is 3.63. The molecule has 0 fully saturated rings. The number of hydrogen-bond acceptors (Lipinski definition) is 4. The molecule has 0 aliphatic carbocycles. The molecule has 1 N–H and O–H groups in total. The Bertz CT molecular complexity index is 95.0. The van der Waals surface area contributed by atoms with Gasteiger partial charge in [-0.25, -0.2) is 4.21 Å². The smallest absolute Gasteiger partial charge is 0.282 e. The molecule has 0 bridgehead atoms.